The Bertz CT molecular complexity index is 1180. The fourth-order valence-electron chi connectivity index (χ4n) is 3.36. The minimum atomic E-state index is -1.00. The van der Waals surface area contributed by atoms with Gasteiger partial charge in [0.2, 0.25) is 5.75 Å². The van der Waals surface area contributed by atoms with Crippen LogP contribution in [0.25, 0.3) is 5.69 Å². The molecule has 3 rings (SSSR count). The molecular formula is C23H24N4O6. The lowest BCUT2D eigenvalue weighted by atomic mass is 10.1. The van der Waals surface area contributed by atoms with E-state index in [9.17, 15) is 14.4 Å². The molecule has 2 amide bonds. The van der Waals surface area contributed by atoms with Crippen LogP contribution in [-0.4, -0.2) is 48.7 Å². The second-order valence-corrected chi connectivity index (χ2v) is 6.94. The molecule has 0 aliphatic rings. The topological polar surface area (TPSA) is 121 Å². The number of ketones is 1. The number of amides is 2. The Morgan fingerprint density at radius 3 is 2.03 bits per heavy atom. The number of hydrogen-bond donors (Lipinski definition) is 2. The second-order valence-electron chi connectivity index (χ2n) is 6.94. The largest absolute Gasteiger partial charge is 0.493 e. The second kappa shape index (κ2) is 9.86. The van der Waals surface area contributed by atoms with Crippen molar-refractivity contribution in [1.29, 1.82) is 0 Å². The highest BCUT2D eigenvalue weighted by molar-refractivity contribution is 6.43. The number of carbonyl (C=O) groups is 3. The fraction of sp³-hybridized carbons (Fsp3) is 0.217. The number of nitrogens with one attached hydrogen (secondary N) is 2. The summed E-state index contributed by atoms with van der Waals surface area (Å²) in [6.07, 6.45) is 0. The normalized spacial score (nSPS) is 10.3. The molecule has 2 aromatic carbocycles. The first-order valence-electron chi connectivity index (χ1n) is 9.89. The van der Waals surface area contributed by atoms with E-state index in [4.69, 9.17) is 14.2 Å². The molecule has 0 saturated heterocycles. The first-order valence-corrected chi connectivity index (χ1v) is 9.89. The summed E-state index contributed by atoms with van der Waals surface area (Å²) in [5, 5.41) is 4.37. The Balaban J connectivity index is 1.76. The van der Waals surface area contributed by atoms with Gasteiger partial charge < -0.3 is 14.2 Å². The van der Waals surface area contributed by atoms with Crippen molar-refractivity contribution in [3.8, 4) is 22.9 Å². The molecule has 0 aliphatic heterocycles. The number of carbonyl (C=O) groups excluding carboxylic acids is 3. The highest BCUT2D eigenvalue weighted by atomic mass is 16.5. The molecule has 0 atom stereocenters. The molecule has 0 saturated carbocycles. The van der Waals surface area contributed by atoms with Crippen LogP contribution in [0.1, 0.15) is 32.1 Å². The van der Waals surface area contributed by atoms with Gasteiger partial charge in [0.15, 0.2) is 11.5 Å². The summed E-state index contributed by atoms with van der Waals surface area (Å²) in [5.74, 6) is -1.65. The molecule has 33 heavy (non-hydrogen) atoms. The van der Waals surface area contributed by atoms with E-state index in [2.05, 4.69) is 16.0 Å². The van der Waals surface area contributed by atoms with Gasteiger partial charge in [0.1, 0.15) is 0 Å². The average molecular weight is 452 g/mol. The van der Waals surface area contributed by atoms with E-state index in [0.717, 1.165) is 5.69 Å². The Hall–Kier alpha value is -4.34. The number of para-hydroxylation sites is 1. The van der Waals surface area contributed by atoms with Crippen LogP contribution in [0.15, 0.2) is 42.5 Å². The Morgan fingerprint density at radius 2 is 1.48 bits per heavy atom. The third-order valence-electron chi connectivity index (χ3n) is 4.94. The highest BCUT2D eigenvalue weighted by Crippen LogP contribution is 2.38. The Labute approximate surface area is 190 Å². The van der Waals surface area contributed by atoms with Crippen LogP contribution in [0.5, 0.6) is 17.2 Å². The zero-order valence-electron chi connectivity index (χ0n) is 18.9. The van der Waals surface area contributed by atoms with Crippen molar-refractivity contribution in [2.24, 2.45) is 0 Å². The Kier molecular flexibility index (Phi) is 6.97. The number of hydrogen-bond acceptors (Lipinski definition) is 7. The van der Waals surface area contributed by atoms with Gasteiger partial charge in [-0.15, -0.1) is 0 Å². The molecule has 1 aromatic heterocycles. The maximum absolute atomic E-state index is 12.8. The standard InChI is InChI=1S/C23H24N4O6/c1-13-19(14(2)27(26-13)16-9-7-6-8-10-16)20(28)23(30)25-24-22(29)15-11-17(31-3)21(33-5)18(12-15)32-4/h6-12H,1-5H3,(H,24,29)(H,25,30). The van der Waals surface area contributed by atoms with Crippen LogP contribution in [0.2, 0.25) is 0 Å². The van der Waals surface area contributed by atoms with E-state index in [0.29, 0.717) is 17.1 Å². The molecule has 172 valence electrons. The van der Waals surface area contributed by atoms with Crippen molar-refractivity contribution >= 4 is 17.6 Å². The van der Waals surface area contributed by atoms with Crippen molar-refractivity contribution in [1.82, 2.24) is 20.6 Å². The lowest BCUT2D eigenvalue weighted by Gasteiger charge is -2.14. The first kappa shape index (κ1) is 23.3. The summed E-state index contributed by atoms with van der Waals surface area (Å²) in [7, 11) is 4.27. The third kappa shape index (κ3) is 4.64. The van der Waals surface area contributed by atoms with Gasteiger partial charge in [0.05, 0.1) is 44.0 Å². The average Bonchev–Trinajstić information content (AvgIpc) is 3.14. The molecule has 0 unspecified atom stereocenters. The lowest BCUT2D eigenvalue weighted by molar-refractivity contribution is -0.117. The molecule has 0 fully saturated rings. The molecule has 10 nitrogen and oxygen atoms in total. The van der Waals surface area contributed by atoms with Gasteiger partial charge in [-0.05, 0) is 38.1 Å². The number of nitrogens with zero attached hydrogens (tertiary/aromatic N) is 2. The summed E-state index contributed by atoms with van der Waals surface area (Å²) < 4.78 is 17.3. The molecule has 3 aromatic rings. The molecular weight excluding hydrogens is 428 g/mol. The van der Waals surface area contributed by atoms with Crippen molar-refractivity contribution in [2.75, 3.05) is 21.3 Å². The lowest BCUT2D eigenvalue weighted by Crippen LogP contribution is -2.45. The van der Waals surface area contributed by atoms with Gasteiger partial charge in [-0.3, -0.25) is 25.2 Å². The van der Waals surface area contributed by atoms with E-state index in [-0.39, 0.29) is 22.6 Å². The van der Waals surface area contributed by atoms with Crippen LogP contribution in [0.4, 0.5) is 0 Å². The monoisotopic (exact) mass is 452 g/mol. The maximum Gasteiger partial charge on any atom is 0.310 e. The summed E-state index contributed by atoms with van der Waals surface area (Å²) in [4.78, 5) is 37.8. The van der Waals surface area contributed by atoms with Crippen molar-refractivity contribution in [2.45, 2.75) is 13.8 Å². The van der Waals surface area contributed by atoms with Gasteiger partial charge in [-0.1, -0.05) is 18.2 Å². The first-order chi connectivity index (χ1) is 15.8. The minimum Gasteiger partial charge on any atom is -0.493 e. The van der Waals surface area contributed by atoms with Crippen LogP contribution >= 0.6 is 0 Å². The van der Waals surface area contributed by atoms with E-state index in [1.165, 1.54) is 33.5 Å². The number of methoxy groups -OCH3 is 3. The molecule has 0 aliphatic carbocycles. The van der Waals surface area contributed by atoms with Crippen LogP contribution in [-0.2, 0) is 4.79 Å². The number of ether oxygens (including phenoxy) is 3. The number of aromatic nitrogens is 2. The molecule has 0 radical (unpaired) electrons. The predicted octanol–water partition coefficient (Wildman–Crippen LogP) is 2.16. The minimum absolute atomic E-state index is 0.126. The van der Waals surface area contributed by atoms with Crippen LogP contribution in [0, 0.1) is 13.8 Å². The molecule has 0 spiro atoms. The number of Topliss-reactive ketones (excluding diaryl/α,β-unsaturated/α-hetero) is 1. The van der Waals surface area contributed by atoms with Crippen LogP contribution < -0.4 is 25.1 Å². The van der Waals surface area contributed by atoms with Crippen LogP contribution in [0.3, 0.4) is 0 Å². The summed E-state index contributed by atoms with van der Waals surface area (Å²) in [6.45, 7) is 3.34. The smallest absolute Gasteiger partial charge is 0.310 e. The summed E-state index contributed by atoms with van der Waals surface area (Å²) in [6, 6.07) is 12.1. The Morgan fingerprint density at radius 1 is 0.879 bits per heavy atom. The van der Waals surface area contributed by atoms with E-state index in [1.54, 1.807) is 18.5 Å². The highest BCUT2D eigenvalue weighted by Gasteiger charge is 2.26. The molecule has 2 N–H and O–H groups in total. The SMILES string of the molecule is COc1cc(C(=O)NNC(=O)C(=O)c2c(C)nn(-c3ccccc3)c2C)cc(OC)c1OC. The number of rotatable bonds is 7. The zero-order valence-corrected chi connectivity index (χ0v) is 18.9. The maximum atomic E-state index is 12.8. The van der Waals surface area contributed by atoms with Crippen molar-refractivity contribution in [3.05, 3.63) is 65.0 Å². The van der Waals surface area contributed by atoms with Crippen molar-refractivity contribution < 1.29 is 28.6 Å². The molecule has 0 bridgehead atoms. The van der Waals surface area contributed by atoms with Crippen molar-refractivity contribution in [3.63, 3.8) is 0 Å². The van der Waals surface area contributed by atoms with E-state index in [1.807, 2.05) is 30.3 Å². The fourth-order valence-corrected chi connectivity index (χ4v) is 3.36. The summed E-state index contributed by atoms with van der Waals surface area (Å²) >= 11 is 0. The number of benzene rings is 2. The predicted molar refractivity (Wildman–Crippen MR) is 119 cm³/mol. The van der Waals surface area contributed by atoms with Gasteiger partial charge >= 0.3 is 5.91 Å². The number of hydrazine groups is 1. The third-order valence-corrected chi connectivity index (χ3v) is 4.94. The quantitative estimate of drug-likeness (QED) is 0.320. The van der Waals surface area contributed by atoms with Gasteiger partial charge in [0.25, 0.3) is 11.7 Å². The van der Waals surface area contributed by atoms with Gasteiger partial charge in [-0.25, -0.2) is 4.68 Å². The molecule has 10 heteroatoms. The van der Waals surface area contributed by atoms with E-state index >= 15 is 0 Å². The number of aryl methyl sites for hydroxylation is 1. The summed E-state index contributed by atoms with van der Waals surface area (Å²) in [5.41, 5.74) is 6.33. The zero-order chi connectivity index (χ0) is 24.1. The van der Waals surface area contributed by atoms with E-state index < -0.39 is 17.6 Å². The molecule has 1 heterocycles. The van der Waals surface area contributed by atoms with Gasteiger partial charge in [-0.2, -0.15) is 5.10 Å². The van der Waals surface area contributed by atoms with Gasteiger partial charge in [0, 0.05) is 5.56 Å².